The summed E-state index contributed by atoms with van der Waals surface area (Å²) in [6.45, 7) is 3.08. The summed E-state index contributed by atoms with van der Waals surface area (Å²) < 4.78 is 13.2. The predicted molar refractivity (Wildman–Crippen MR) is 81.4 cm³/mol. The van der Waals surface area contributed by atoms with Crippen LogP contribution >= 0.6 is 0 Å². The third-order valence-corrected chi connectivity index (χ3v) is 3.32. The summed E-state index contributed by atoms with van der Waals surface area (Å²) in [5.41, 5.74) is 7.80. The van der Waals surface area contributed by atoms with Gasteiger partial charge in [-0.1, -0.05) is 30.3 Å². The van der Waals surface area contributed by atoms with Crippen LogP contribution in [0.3, 0.4) is 0 Å². The average Bonchev–Trinajstić information content (AvgIpc) is 2.47. The minimum Gasteiger partial charge on any atom is -0.333 e. The van der Waals surface area contributed by atoms with Gasteiger partial charge in [-0.15, -0.1) is 0 Å². The number of amides is 1. The molecule has 0 radical (unpaired) electrons. The molecule has 0 aliphatic heterocycles. The van der Waals surface area contributed by atoms with Crippen molar-refractivity contribution < 1.29 is 9.18 Å². The Kier molecular flexibility index (Phi) is 5.06. The van der Waals surface area contributed by atoms with Gasteiger partial charge in [-0.25, -0.2) is 4.39 Å². The zero-order valence-corrected chi connectivity index (χ0v) is 12.1. The number of benzene rings is 2. The molecule has 21 heavy (non-hydrogen) atoms. The SMILES string of the molecule is Cc1cc(F)ccc1C(=O)N(CCN)Cc1ccccc1. The van der Waals surface area contributed by atoms with Crippen molar-refractivity contribution in [1.82, 2.24) is 4.90 Å². The molecule has 0 aliphatic rings. The van der Waals surface area contributed by atoms with Crippen LogP contribution in [0.1, 0.15) is 21.5 Å². The van der Waals surface area contributed by atoms with Gasteiger partial charge < -0.3 is 10.6 Å². The monoisotopic (exact) mass is 286 g/mol. The summed E-state index contributed by atoms with van der Waals surface area (Å²) in [4.78, 5) is 14.3. The normalized spacial score (nSPS) is 10.4. The van der Waals surface area contributed by atoms with E-state index in [9.17, 15) is 9.18 Å². The second-order valence-electron chi connectivity index (χ2n) is 4.96. The molecular weight excluding hydrogens is 267 g/mol. The maximum Gasteiger partial charge on any atom is 0.254 e. The summed E-state index contributed by atoms with van der Waals surface area (Å²) in [5, 5.41) is 0. The number of nitrogens with zero attached hydrogens (tertiary/aromatic N) is 1. The first-order valence-corrected chi connectivity index (χ1v) is 6.91. The number of hydrogen-bond acceptors (Lipinski definition) is 2. The topological polar surface area (TPSA) is 46.3 Å². The zero-order chi connectivity index (χ0) is 15.2. The molecule has 0 aliphatic carbocycles. The van der Waals surface area contributed by atoms with Crippen LogP contribution in [0, 0.1) is 12.7 Å². The Morgan fingerprint density at radius 3 is 2.52 bits per heavy atom. The van der Waals surface area contributed by atoms with Gasteiger partial charge in [0.15, 0.2) is 0 Å². The maximum atomic E-state index is 13.2. The standard InChI is InChI=1S/C17H19FN2O/c1-13-11-15(18)7-8-16(13)17(21)20(10-9-19)12-14-5-3-2-4-6-14/h2-8,11H,9-10,12,19H2,1H3. The van der Waals surface area contributed by atoms with E-state index in [1.54, 1.807) is 11.8 Å². The maximum absolute atomic E-state index is 13.2. The van der Waals surface area contributed by atoms with Crippen LogP contribution in [0.25, 0.3) is 0 Å². The van der Waals surface area contributed by atoms with Gasteiger partial charge in [-0.05, 0) is 36.2 Å². The molecule has 0 bridgehead atoms. The van der Waals surface area contributed by atoms with Crippen molar-refractivity contribution in [2.75, 3.05) is 13.1 Å². The highest BCUT2D eigenvalue weighted by Crippen LogP contribution is 2.15. The third kappa shape index (κ3) is 3.89. The molecule has 0 fully saturated rings. The van der Waals surface area contributed by atoms with Gasteiger partial charge in [0.25, 0.3) is 5.91 Å². The lowest BCUT2D eigenvalue weighted by Gasteiger charge is -2.23. The zero-order valence-electron chi connectivity index (χ0n) is 12.1. The van der Waals surface area contributed by atoms with Crippen LogP contribution in [0.5, 0.6) is 0 Å². The van der Waals surface area contributed by atoms with Gasteiger partial charge in [0.05, 0.1) is 0 Å². The molecular formula is C17H19FN2O. The van der Waals surface area contributed by atoms with Crippen LogP contribution in [0.2, 0.25) is 0 Å². The van der Waals surface area contributed by atoms with E-state index in [4.69, 9.17) is 5.73 Å². The van der Waals surface area contributed by atoms with Crippen LogP contribution in [-0.4, -0.2) is 23.9 Å². The molecule has 2 aromatic carbocycles. The second kappa shape index (κ2) is 6.99. The van der Waals surface area contributed by atoms with Crippen LogP contribution < -0.4 is 5.73 Å². The van der Waals surface area contributed by atoms with Crippen molar-refractivity contribution in [2.24, 2.45) is 5.73 Å². The smallest absolute Gasteiger partial charge is 0.254 e. The molecule has 0 spiro atoms. The molecule has 2 rings (SSSR count). The number of carbonyl (C=O) groups excluding carboxylic acids is 1. The molecule has 3 nitrogen and oxygen atoms in total. The lowest BCUT2D eigenvalue weighted by atomic mass is 10.1. The number of nitrogens with two attached hydrogens (primary N) is 1. The molecule has 2 aromatic rings. The average molecular weight is 286 g/mol. The second-order valence-corrected chi connectivity index (χ2v) is 4.96. The Hall–Kier alpha value is -2.20. The van der Waals surface area contributed by atoms with Crippen LogP contribution in [0.15, 0.2) is 48.5 Å². The first-order chi connectivity index (χ1) is 10.1. The lowest BCUT2D eigenvalue weighted by Crippen LogP contribution is -2.35. The van der Waals surface area contributed by atoms with Gasteiger partial charge in [0.1, 0.15) is 5.82 Å². The van der Waals surface area contributed by atoms with E-state index < -0.39 is 0 Å². The molecule has 0 unspecified atom stereocenters. The molecule has 0 heterocycles. The van der Waals surface area contributed by atoms with Gasteiger partial charge in [0, 0.05) is 25.2 Å². The number of aryl methyl sites for hydroxylation is 1. The largest absolute Gasteiger partial charge is 0.333 e. The fourth-order valence-electron chi connectivity index (χ4n) is 2.25. The number of rotatable bonds is 5. The minimum absolute atomic E-state index is 0.123. The van der Waals surface area contributed by atoms with Crippen molar-refractivity contribution in [3.8, 4) is 0 Å². The quantitative estimate of drug-likeness (QED) is 0.918. The van der Waals surface area contributed by atoms with Crippen LogP contribution in [0.4, 0.5) is 4.39 Å². The van der Waals surface area contributed by atoms with E-state index in [0.717, 1.165) is 5.56 Å². The first-order valence-electron chi connectivity index (χ1n) is 6.91. The van der Waals surface area contributed by atoms with Crippen molar-refractivity contribution in [3.63, 3.8) is 0 Å². The lowest BCUT2D eigenvalue weighted by molar-refractivity contribution is 0.0747. The molecule has 0 saturated carbocycles. The van der Waals surface area contributed by atoms with Gasteiger partial charge in [0.2, 0.25) is 0 Å². The Morgan fingerprint density at radius 1 is 1.19 bits per heavy atom. The summed E-state index contributed by atoms with van der Waals surface area (Å²) in [6.07, 6.45) is 0. The van der Waals surface area contributed by atoms with Gasteiger partial charge in [-0.3, -0.25) is 4.79 Å². The third-order valence-electron chi connectivity index (χ3n) is 3.32. The van der Waals surface area contributed by atoms with Gasteiger partial charge >= 0.3 is 0 Å². The summed E-state index contributed by atoms with van der Waals surface area (Å²) in [5.74, 6) is -0.459. The van der Waals surface area contributed by atoms with Gasteiger partial charge in [-0.2, -0.15) is 0 Å². The van der Waals surface area contributed by atoms with E-state index in [1.807, 2.05) is 30.3 Å². The number of carbonyl (C=O) groups is 1. The van der Waals surface area contributed by atoms with Crippen molar-refractivity contribution in [2.45, 2.75) is 13.5 Å². The molecule has 2 N–H and O–H groups in total. The van der Waals surface area contributed by atoms with Crippen molar-refractivity contribution in [3.05, 3.63) is 71.0 Å². The van der Waals surface area contributed by atoms with E-state index in [2.05, 4.69) is 0 Å². The minimum atomic E-state index is -0.336. The van der Waals surface area contributed by atoms with E-state index >= 15 is 0 Å². The van der Waals surface area contributed by atoms with Crippen molar-refractivity contribution >= 4 is 5.91 Å². The summed E-state index contributed by atoms with van der Waals surface area (Å²) in [6, 6.07) is 13.9. The highest BCUT2D eigenvalue weighted by Gasteiger charge is 2.17. The predicted octanol–water partition coefficient (Wildman–Crippen LogP) is 2.74. The van der Waals surface area contributed by atoms with E-state index in [0.29, 0.717) is 30.8 Å². The van der Waals surface area contributed by atoms with E-state index in [-0.39, 0.29) is 11.7 Å². The fraction of sp³-hybridized carbons (Fsp3) is 0.235. The highest BCUT2D eigenvalue weighted by molar-refractivity contribution is 5.95. The molecule has 0 aromatic heterocycles. The molecule has 0 atom stereocenters. The molecule has 0 saturated heterocycles. The van der Waals surface area contributed by atoms with E-state index in [1.165, 1.54) is 18.2 Å². The Labute approximate surface area is 124 Å². The Bertz CT molecular complexity index is 613. The first kappa shape index (κ1) is 15.2. The molecule has 110 valence electrons. The number of hydrogen-bond donors (Lipinski definition) is 1. The van der Waals surface area contributed by atoms with Crippen LogP contribution in [-0.2, 0) is 6.54 Å². The Balaban J connectivity index is 2.23. The summed E-state index contributed by atoms with van der Waals surface area (Å²) in [7, 11) is 0. The summed E-state index contributed by atoms with van der Waals surface area (Å²) >= 11 is 0. The molecule has 4 heteroatoms. The van der Waals surface area contributed by atoms with Crippen molar-refractivity contribution in [1.29, 1.82) is 0 Å². The highest BCUT2D eigenvalue weighted by atomic mass is 19.1. The Morgan fingerprint density at radius 2 is 1.90 bits per heavy atom. The fourth-order valence-corrected chi connectivity index (χ4v) is 2.25. The molecule has 1 amide bonds. The number of halogens is 1.